The molecule has 0 radical (unpaired) electrons. The minimum Gasteiger partial charge on any atom is -0.0788 e. The maximum absolute atomic E-state index is 2.63. The van der Waals surface area contributed by atoms with Gasteiger partial charge in [-0.3, -0.25) is 0 Å². The minimum absolute atomic E-state index is 0.553. The highest BCUT2D eigenvalue weighted by molar-refractivity contribution is 5.20. The first-order valence-corrected chi connectivity index (χ1v) is 6.30. The van der Waals surface area contributed by atoms with Crippen molar-refractivity contribution in [2.24, 2.45) is 23.2 Å². The van der Waals surface area contributed by atoms with Crippen LogP contribution in [0.4, 0.5) is 0 Å². The number of fused-ring (bicyclic) bond motifs is 1. The first kappa shape index (κ1) is 10.3. The Morgan fingerprint density at radius 1 is 1.43 bits per heavy atom. The lowest BCUT2D eigenvalue weighted by molar-refractivity contribution is 0.160. The summed E-state index contributed by atoms with van der Waals surface area (Å²) < 4.78 is 0. The maximum atomic E-state index is 2.63. The second-order valence-electron chi connectivity index (χ2n) is 5.73. The van der Waals surface area contributed by atoms with Crippen LogP contribution in [-0.4, -0.2) is 0 Å². The van der Waals surface area contributed by atoms with Crippen molar-refractivity contribution >= 4 is 0 Å². The Bertz CT molecular complexity index is 251. The molecule has 1 saturated carbocycles. The summed E-state index contributed by atoms with van der Waals surface area (Å²) in [6, 6.07) is 0. The van der Waals surface area contributed by atoms with Gasteiger partial charge < -0.3 is 0 Å². The fourth-order valence-electron chi connectivity index (χ4n) is 3.93. The van der Waals surface area contributed by atoms with E-state index in [0.29, 0.717) is 5.41 Å². The maximum Gasteiger partial charge on any atom is -0.0113 e. The van der Waals surface area contributed by atoms with Crippen molar-refractivity contribution in [3.05, 3.63) is 11.6 Å². The second-order valence-corrected chi connectivity index (χ2v) is 5.73. The monoisotopic (exact) mass is 192 g/mol. The average molecular weight is 192 g/mol. The van der Waals surface area contributed by atoms with Crippen LogP contribution in [0.25, 0.3) is 0 Å². The summed E-state index contributed by atoms with van der Waals surface area (Å²) in [5.41, 5.74) is 2.27. The predicted molar refractivity (Wildman–Crippen MR) is 62.2 cm³/mol. The van der Waals surface area contributed by atoms with Gasteiger partial charge in [-0.1, -0.05) is 45.8 Å². The van der Waals surface area contributed by atoms with Crippen molar-refractivity contribution in [2.75, 3.05) is 0 Å². The summed E-state index contributed by atoms with van der Waals surface area (Å²) >= 11 is 0. The molecule has 0 saturated heterocycles. The Morgan fingerprint density at radius 2 is 2.14 bits per heavy atom. The van der Waals surface area contributed by atoms with Crippen molar-refractivity contribution in [2.45, 2.75) is 53.4 Å². The van der Waals surface area contributed by atoms with E-state index in [0.717, 1.165) is 17.8 Å². The molecule has 0 bridgehead atoms. The van der Waals surface area contributed by atoms with E-state index < -0.39 is 0 Å². The standard InChI is InChI=1S/C14H24/c1-5-12-9-14(4)8-6-7-13(14)11(3)10(12)2/h9-11,13H,5-8H2,1-4H3. The van der Waals surface area contributed by atoms with Crippen LogP contribution >= 0.6 is 0 Å². The van der Waals surface area contributed by atoms with Gasteiger partial charge in [-0.25, -0.2) is 0 Å². The Morgan fingerprint density at radius 3 is 2.79 bits per heavy atom. The molecule has 0 heterocycles. The van der Waals surface area contributed by atoms with E-state index in [1.807, 2.05) is 0 Å². The van der Waals surface area contributed by atoms with Crippen molar-refractivity contribution in [1.29, 1.82) is 0 Å². The number of hydrogen-bond acceptors (Lipinski definition) is 0. The topological polar surface area (TPSA) is 0 Å². The van der Waals surface area contributed by atoms with E-state index in [1.165, 1.54) is 25.7 Å². The molecule has 0 nitrogen and oxygen atoms in total. The molecular formula is C14H24. The van der Waals surface area contributed by atoms with Crippen LogP contribution < -0.4 is 0 Å². The molecule has 0 aromatic heterocycles. The van der Waals surface area contributed by atoms with Gasteiger partial charge in [0.05, 0.1) is 0 Å². The molecule has 0 aromatic carbocycles. The lowest BCUT2D eigenvalue weighted by atomic mass is 9.62. The molecule has 2 rings (SSSR count). The van der Waals surface area contributed by atoms with E-state index >= 15 is 0 Å². The fourth-order valence-corrected chi connectivity index (χ4v) is 3.93. The molecule has 0 heteroatoms. The number of rotatable bonds is 1. The summed E-state index contributed by atoms with van der Waals surface area (Å²) in [6.07, 6.45) is 8.24. The molecule has 1 fully saturated rings. The average Bonchev–Trinajstić information content (AvgIpc) is 2.54. The van der Waals surface area contributed by atoms with Gasteiger partial charge in [0.2, 0.25) is 0 Å². The highest BCUT2D eigenvalue weighted by Gasteiger charge is 2.45. The molecule has 0 amide bonds. The van der Waals surface area contributed by atoms with Crippen LogP contribution in [0.15, 0.2) is 11.6 Å². The molecule has 4 atom stereocenters. The number of allylic oxidation sites excluding steroid dienone is 2. The van der Waals surface area contributed by atoms with Gasteiger partial charge in [-0.2, -0.15) is 0 Å². The van der Waals surface area contributed by atoms with Gasteiger partial charge in [0.15, 0.2) is 0 Å². The van der Waals surface area contributed by atoms with Crippen LogP contribution in [-0.2, 0) is 0 Å². The summed E-state index contributed by atoms with van der Waals surface area (Å²) in [5.74, 6) is 2.70. The Kier molecular flexibility index (Phi) is 2.49. The van der Waals surface area contributed by atoms with E-state index in [9.17, 15) is 0 Å². The minimum atomic E-state index is 0.553. The van der Waals surface area contributed by atoms with Crippen LogP contribution in [0, 0.1) is 23.2 Å². The van der Waals surface area contributed by atoms with Gasteiger partial charge >= 0.3 is 0 Å². The van der Waals surface area contributed by atoms with Crippen molar-refractivity contribution in [1.82, 2.24) is 0 Å². The van der Waals surface area contributed by atoms with Gasteiger partial charge in [-0.15, -0.1) is 0 Å². The Labute approximate surface area is 88.8 Å². The smallest absolute Gasteiger partial charge is 0.0113 e. The zero-order valence-corrected chi connectivity index (χ0v) is 10.1. The largest absolute Gasteiger partial charge is 0.0788 e. The molecule has 0 N–H and O–H groups in total. The third-order valence-electron chi connectivity index (χ3n) is 5.01. The summed E-state index contributed by atoms with van der Waals surface area (Å²) in [5, 5.41) is 0. The molecule has 0 aliphatic heterocycles. The van der Waals surface area contributed by atoms with Crippen LogP contribution in [0.1, 0.15) is 53.4 Å². The normalized spacial score (nSPS) is 47.4. The highest BCUT2D eigenvalue weighted by atomic mass is 14.5. The predicted octanol–water partition coefficient (Wildman–Crippen LogP) is 4.42. The zero-order chi connectivity index (χ0) is 10.3. The molecule has 2 aliphatic carbocycles. The van der Waals surface area contributed by atoms with E-state index in [2.05, 4.69) is 33.8 Å². The second kappa shape index (κ2) is 3.40. The Hall–Kier alpha value is -0.260. The first-order chi connectivity index (χ1) is 6.58. The fraction of sp³-hybridized carbons (Fsp3) is 0.857. The molecule has 0 spiro atoms. The van der Waals surface area contributed by atoms with E-state index in [-0.39, 0.29) is 0 Å². The SMILES string of the molecule is CCC1=CC2(C)CCCC2C(C)C1C. The molecular weight excluding hydrogens is 168 g/mol. The van der Waals surface area contributed by atoms with Gasteiger partial charge in [0.1, 0.15) is 0 Å². The molecule has 14 heavy (non-hydrogen) atoms. The van der Waals surface area contributed by atoms with Crippen molar-refractivity contribution in [3.63, 3.8) is 0 Å². The summed E-state index contributed by atoms with van der Waals surface area (Å²) in [7, 11) is 0. The van der Waals surface area contributed by atoms with Gasteiger partial charge in [0, 0.05) is 0 Å². The summed E-state index contributed by atoms with van der Waals surface area (Å²) in [4.78, 5) is 0. The molecule has 0 aromatic rings. The molecule has 4 unspecified atom stereocenters. The third-order valence-corrected chi connectivity index (χ3v) is 5.01. The van der Waals surface area contributed by atoms with Crippen molar-refractivity contribution < 1.29 is 0 Å². The lowest BCUT2D eigenvalue weighted by Gasteiger charge is -2.42. The first-order valence-electron chi connectivity index (χ1n) is 6.30. The Balaban J connectivity index is 2.35. The zero-order valence-electron chi connectivity index (χ0n) is 10.1. The van der Waals surface area contributed by atoms with Crippen LogP contribution in [0.5, 0.6) is 0 Å². The van der Waals surface area contributed by atoms with Gasteiger partial charge in [0.25, 0.3) is 0 Å². The number of hydrogen-bond donors (Lipinski definition) is 0. The van der Waals surface area contributed by atoms with E-state index in [1.54, 1.807) is 5.57 Å². The van der Waals surface area contributed by atoms with E-state index in [4.69, 9.17) is 0 Å². The lowest BCUT2D eigenvalue weighted by Crippen LogP contribution is -2.34. The molecule has 80 valence electrons. The quantitative estimate of drug-likeness (QED) is 0.540. The van der Waals surface area contributed by atoms with Crippen LogP contribution in [0.3, 0.4) is 0 Å². The highest BCUT2D eigenvalue weighted by Crippen LogP contribution is 2.54. The molecule has 2 aliphatic rings. The summed E-state index contributed by atoms with van der Waals surface area (Å²) in [6.45, 7) is 9.70. The van der Waals surface area contributed by atoms with Crippen LogP contribution in [0.2, 0.25) is 0 Å². The van der Waals surface area contributed by atoms with Gasteiger partial charge in [-0.05, 0) is 42.4 Å². The third kappa shape index (κ3) is 1.34. The van der Waals surface area contributed by atoms with Crippen molar-refractivity contribution in [3.8, 4) is 0 Å².